The molecule has 9 nitrogen and oxygen atoms in total. The maximum atomic E-state index is 14.5. The first kappa shape index (κ1) is 30.5. The predicted molar refractivity (Wildman–Crippen MR) is 159 cm³/mol. The molecule has 2 atom stereocenters. The minimum Gasteiger partial charge on any atom is -0.291 e. The Hall–Kier alpha value is -4.17. The zero-order valence-electron chi connectivity index (χ0n) is 24.8. The van der Waals surface area contributed by atoms with Gasteiger partial charge in [-0.05, 0) is 98.5 Å². The number of rotatable bonds is 8. The molecular formula is C32H30F4N6O3S. The van der Waals surface area contributed by atoms with Gasteiger partial charge >= 0.3 is 6.18 Å². The predicted octanol–water partition coefficient (Wildman–Crippen LogP) is 5.62. The van der Waals surface area contributed by atoms with E-state index < -0.39 is 44.8 Å². The number of ketones is 1. The Labute approximate surface area is 262 Å². The van der Waals surface area contributed by atoms with Crippen LogP contribution in [0.25, 0.3) is 11.8 Å². The second-order valence-corrected chi connectivity index (χ2v) is 14.2. The smallest absolute Gasteiger partial charge is 0.291 e. The molecule has 2 fully saturated rings. The van der Waals surface area contributed by atoms with Gasteiger partial charge in [0.2, 0.25) is 0 Å². The number of aryl methyl sites for hydroxylation is 1. The van der Waals surface area contributed by atoms with Gasteiger partial charge in [0.1, 0.15) is 11.5 Å². The molecule has 1 aromatic carbocycles. The molecule has 0 unspecified atom stereocenters. The lowest BCUT2D eigenvalue weighted by Crippen LogP contribution is -2.51. The van der Waals surface area contributed by atoms with Crippen LogP contribution in [0, 0.1) is 17.2 Å². The van der Waals surface area contributed by atoms with E-state index in [4.69, 9.17) is 0 Å². The van der Waals surface area contributed by atoms with Crippen LogP contribution in [-0.4, -0.2) is 55.6 Å². The Morgan fingerprint density at radius 1 is 1.07 bits per heavy atom. The average molecular weight is 655 g/mol. The number of nitrogens with zero attached hydrogens (tertiary/aromatic N) is 6. The highest BCUT2D eigenvalue weighted by atomic mass is 32.2. The van der Waals surface area contributed by atoms with Crippen LogP contribution in [0.15, 0.2) is 71.7 Å². The van der Waals surface area contributed by atoms with Gasteiger partial charge in [-0.2, -0.15) is 27.7 Å². The molecule has 7 rings (SSSR count). The summed E-state index contributed by atoms with van der Waals surface area (Å²) in [5.41, 5.74) is 0.385. The molecule has 0 amide bonds. The molecular weight excluding hydrogens is 624 g/mol. The number of aromatic nitrogens is 5. The van der Waals surface area contributed by atoms with E-state index in [1.807, 2.05) is 6.08 Å². The Morgan fingerprint density at radius 3 is 2.46 bits per heavy atom. The Bertz CT molecular complexity index is 1950. The van der Waals surface area contributed by atoms with Crippen LogP contribution < -0.4 is 0 Å². The summed E-state index contributed by atoms with van der Waals surface area (Å²) in [4.78, 5) is 18.5. The first-order valence-corrected chi connectivity index (χ1v) is 16.4. The number of allylic oxidation sites excluding steroid dienone is 1. The van der Waals surface area contributed by atoms with Crippen LogP contribution in [0.4, 0.5) is 17.6 Å². The van der Waals surface area contributed by atoms with Crippen molar-refractivity contribution in [3.8, 4) is 5.69 Å². The SMILES string of the molecule is Cn1ccc(S(=O)(=O)N(CC2CC2)[C@H]2CCC3=Cc4c(cnn4-c4ccc(F)cc4)C[C@]3(C(=O)c3ccc(C(F)(F)F)cn3)C2)n1. The fourth-order valence-corrected chi connectivity index (χ4v) is 8.39. The first-order valence-electron chi connectivity index (χ1n) is 15.0. The number of Topliss-reactive ketones (excluding diaryl/α,β-unsaturated/α-hetero) is 1. The molecule has 46 heavy (non-hydrogen) atoms. The van der Waals surface area contributed by atoms with Gasteiger partial charge in [-0.3, -0.25) is 14.5 Å². The van der Waals surface area contributed by atoms with Crippen molar-refractivity contribution in [2.75, 3.05) is 6.54 Å². The van der Waals surface area contributed by atoms with Gasteiger partial charge in [0, 0.05) is 32.0 Å². The molecule has 0 N–H and O–H groups in total. The fraction of sp³-hybridized carbons (Fsp3) is 0.375. The average Bonchev–Trinajstić information content (AvgIpc) is 3.60. The number of carbonyl (C=O) groups is 1. The summed E-state index contributed by atoms with van der Waals surface area (Å²) in [7, 11) is -2.39. The lowest BCUT2D eigenvalue weighted by molar-refractivity contribution is -0.137. The third kappa shape index (κ3) is 5.36. The van der Waals surface area contributed by atoms with E-state index in [0.29, 0.717) is 42.5 Å². The van der Waals surface area contributed by atoms with Crippen molar-refractivity contribution >= 4 is 21.9 Å². The van der Waals surface area contributed by atoms with E-state index in [-0.39, 0.29) is 29.5 Å². The van der Waals surface area contributed by atoms with Crippen LogP contribution in [-0.2, 0) is 29.7 Å². The second kappa shape index (κ2) is 11.0. The number of fused-ring (bicyclic) bond motifs is 2. The molecule has 0 bridgehead atoms. The van der Waals surface area contributed by atoms with Gasteiger partial charge in [0.05, 0.1) is 28.6 Å². The van der Waals surface area contributed by atoms with E-state index in [0.717, 1.165) is 30.5 Å². The molecule has 0 saturated heterocycles. The zero-order valence-corrected chi connectivity index (χ0v) is 25.6. The lowest BCUT2D eigenvalue weighted by Gasteiger charge is -2.46. The van der Waals surface area contributed by atoms with Crippen LogP contribution >= 0.6 is 0 Å². The monoisotopic (exact) mass is 654 g/mol. The van der Waals surface area contributed by atoms with Crippen molar-refractivity contribution in [3.63, 3.8) is 0 Å². The van der Waals surface area contributed by atoms with E-state index in [2.05, 4.69) is 15.2 Å². The molecule has 14 heteroatoms. The largest absolute Gasteiger partial charge is 0.417 e. The molecule has 3 aromatic heterocycles. The van der Waals surface area contributed by atoms with Crippen molar-refractivity contribution in [3.05, 3.63) is 95.0 Å². The third-order valence-electron chi connectivity index (χ3n) is 9.27. The van der Waals surface area contributed by atoms with Gasteiger partial charge in [-0.15, -0.1) is 0 Å². The van der Waals surface area contributed by atoms with E-state index >= 15 is 0 Å². The lowest BCUT2D eigenvalue weighted by atomic mass is 9.60. The number of sulfonamides is 1. The van der Waals surface area contributed by atoms with Gasteiger partial charge < -0.3 is 0 Å². The Kier molecular flexibility index (Phi) is 7.27. The van der Waals surface area contributed by atoms with Gasteiger partial charge in [-0.1, -0.05) is 5.57 Å². The minimum absolute atomic E-state index is 0.0757. The third-order valence-corrected chi connectivity index (χ3v) is 11.1. The molecule has 3 aliphatic rings. The number of carbonyl (C=O) groups excluding carboxylic acids is 1. The van der Waals surface area contributed by atoms with Crippen LogP contribution in [0.2, 0.25) is 0 Å². The fourth-order valence-electron chi connectivity index (χ4n) is 6.71. The molecule has 240 valence electrons. The van der Waals surface area contributed by atoms with E-state index in [1.165, 1.54) is 27.2 Å². The summed E-state index contributed by atoms with van der Waals surface area (Å²) in [6.45, 7) is 0.291. The van der Waals surface area contributed by atoms with Gasteiger partial charge in [-0.25, -0.2) is 17.5 Å². The topological polar surface area (TPSA) is 103 Å². The number of alkyl halides is 3. The summed E-state index contributed by atoms with van der Waals surface area (Å²) in [5, 5.41) is 8.62. The Morgan fingerprint density at radius 2 is 1.83 bits per heavy atom. The molecule has 0 radical (unpaired) electrons. The molecule has 0 aliphatic heterocycles. The number of pyridine rings is 1. The summed E-state index contributed by atoms with van der Waals surface area (Å²) >= 11 is 0. The summed E-state index contributed by atoms with van der Waals surface area (Å²) < 4.78 is 86.3. The highest BCUT2D eigenvalue weighted by molar-refractivity contribution is 7.89. The standard InChI is InChI=1S/C32H30F4N6O3S/c1-40-13-12-29(39-40)46(44,45)41(19-20-2-3-20)26-8-4-22-14-28-21(17-38-42(28)25-9-6-24(33)7-10-25)15-31(22,16-26)30(43)27-11-5-23(18-37-27)32(34,35)36/h5-7,9-14,17-18,20,26H,2-4,8,15-16,19H2,1H3/t26-,31-/m0/s1. The number of hydrogen-bond acceptors (Lipinski definition) is 6. The van der Waals surface area contributed by atoms with Crippen molar-refractivity contribution < 1.29 is 30.8 Å². The maximum Gasteiger partial charge on any atom is 0.417 e. The number of benzene rings is 1. The summed E-state index contributed by atoms with van der Waals surface area (Å²) in [5.74, 6) is -0.670. The zero-order chi connectivity index (χ0) is 32.4. The second-order valence-electron chi connectivity index (χ2n) is 12.4. The highest BCUT2D eigenvalue weighted by Gasteiger charge is 2.52. The summed E-state index contributed by atoms with van der Waals surface area (Å²) in [6, 6.07) is 8.64. The van der Waals surface area contributed by atoms with Crippen molar-refractivity contribution in [2.24, 2.45) is 18.4 Å². The van der Waals surface area contributed by atoms with Crippen LogP contribution in [0.1, 0.15) is 59.4 Å². The van der Waals surface area contributed by atoms with Crippen molar-refractivity contribution in [1.29, 1.82) is 0 Å². The quantitative estimate of drug-likeness (QED) is 0.181. The highest BCUT2D eigenvalue weighted by Crippen LogP contribution is 2.52. The maximum absolute atomic E-state index is 14.5. The summed E-state index contributed by atoms with van der Waals surface area (Å²) in [6.07, 6.45) is 3.94. The van der Waals surface area contributed by atoms with Gasteiger partial charge in [0.25, 0.3) is 10.0 Å². The number of hydrogen-bond donors (Lipinski definition) is 0. The molecule has 0 spiro atoms. The minimum atomic E-state index is -4.62. The normalized spacial score (nSPS) is 21.5. The van der Waals surface area contributed by atoms with E-state index in [9.17, 15) is 30.8 Å². The van der Waals surface area contributed by atoms with Crippen molar-refractivity contribution in [2.45, 2.75) is 55.8 Å². The Balaban J connectivity index is 1.31. The number of halogens is 4. The van der Waals surface area contributed by atoms with Crippen LogP contribution in [0.3, 0.4) is 0 Å². The molecule has 3 aliphatic carbocycles. The van der Waals surface area contributed by atoms with Gasteiger partial charge in [0.15, 0.2) is 10.8 Å². The van der Waals surface area contributed by atoms with Crippen molar-refractivity contribution in [1.82, 2.24) is 28.9 Å². The molecule has 3 heterocycles. The van der Waals surface area contributed by atoms with Crippen LogP contribution in [0.5, 0.6) is 0 Å². The first-order chi connectivity index (χ1) is 21.8. The molecule has 2 saturated carbocycles. The molecule has 4 aromatic rings. The van der Waals surface area contributed by atoms with E-state index in [1.54, 1.807) is 36.3 Å².